The molecular formula is C12H25NO3. The summed E-state index contributed by atoms with van der Waals surface area (Å²) < 4.78 is 5.34. The van der Waals surface area contributed by atoms with Gasteiger partial charge in [-0.25, -0.2) is 0 Å². The molecule has 16 heavy (non-hydrogen) atoms. The van der Waals surface area contributed by atoms with Crippen LogP contribution in [-0.2, 0) is 4.74 Å². The second-order valence-electron chi connectivity index (χ2n) is 5.37. The van der Waals surface area contributed by atoms with Gasteiger partial charge in [0.1, 0.15) is 0 Å². The van der Waals surface area contributed by atoms with E-state index < -0.39 is 6.10 Å². The summed E-state index contributed by atoms with van der Waals surface area (Å²) in [6.45, 7) is 6.84. The molecule has 0 aliphatic heterocycles. The van der Waals surface area contributed by atoms with Gasteiger partial charge in [0, 0.05) is 31.7 Å². The van der Waals surface area contributed by atoms with Crippen molar-refractivity contribution in [1.29, 1.82) is 0 Å². The van der Waals surface area contributed by atoms with Gasteiger partial charge in [-0.3, -0.25) is 0 Å². The molecule has 0 heterocycles. The molecule has 1 unspecified atom stereocenters. The summed E-state index contributed by atoms with van der Waals surface area (Å²) in [5.41, 5.74) is 0.110. The fourth-order valence-corrected chi connectivity index (χ4v) is 1.57. The molecule has 0 aromatic carbocycles. The molecule has 0 aromatic rings. The number of aliphatic hydroxyl groups excluding tert-OH is 2. The molecule has 0 bridgehead atoms. The summed E-state index contributed by atoms with van der Waals surface area (Å²) in [6.07, 6.45) is 1.74. The number of hydrogen-bond acceptors (Lipinski definition) is 4. The molecule has 1 atom stereocenters. The van der Waals surface area contributed by atoms with Gasteiger partial charge in [-0.05, 0) is 18.8 Å². The van der Waals surface area contributed by atoms with Crippen LogP contribution in [-0.4, -0.2) is 49.2 Å². The fourth-order valence-electron chi connectivity index (χ4n) is 1.57. The van der Waals surface area contributed by atoms with Crippen molar-refractivity contribution in [2.45, 2.75) is 32.8 Å². The molecule has 3 N–H and O–H groups in total. The average molecular weight is 231 g/mol. The maximum Gasteiger partial charge on any atom is 0.0897 e. The Kier molecular flexibility index (Phi) is 5.69. The number of aliphatic hydroxyl groups is 2. The predicted molar refractivity (Wildman–Crippen MR) is 63.3 cm³/mol. The van der Waals surface area contributed by atoms with Gasteiger partial charge in [0.2, 0.25) is 0 Å². The van der Waals surface area contributed by atoms with Crippen LogP contribution in [0.25, 0.3) is 0 Å². The van der Waals surface area contributed by atoms with E-state index in [2.05, 4.69) is 19.2 Å². The van der Waals surface area contributed by atoms with E-state index >= 15 is 0 Å². The first-order valence-electron chi connectivity index (χ1n) is 6.15. The molecule has 1 saturated carbocycles. The first-order valence-corrected chi connectivity index (χ1v) is 6.15. The highest BCUT2D eigenvalue weighted by atomic mass is 16.5. The largest absolute Gasteiger partial charge is 0.396 e. The third-order valence-corrected chi connectivity index (χ3v) is 2.93. The topological polar surface area (TPSA) is 61.7 Å². The van der Waals surface area contributed by atoms with Gasteiger partial charge in [-0.1, -0.05) is 13.8 Å². The van der Waals surface area contributed by atoms with Crippen molar-refractivity contribution in [1.82, 2.24) is 5.32 Å². The molecule has 1 aliphatic carbocycles. The summed E-state index contributed by atoms with van der Waals surface area (Å²) >= 11 is 0. The summed E-state index contributed by atoms with van der Waals surface area (Å²) in [6, 6.07) is 0. The lowest BCUT2D eigenvalue weighted by Crippen LogP contribution is -2.35. The Hall–Kier alpha value is -0.160. The Labute approximate surface area is 98.0 Å². The van der Waals surface area contributed by atoms with Crippen LogP contribution in [0.1, 0.15) is 26.7 Å². The highest BCUT2D eigenvalue weighted by molar-refractivity contribution is 4.94. The van der Waals surface area contributed by atoms with E-state index in [1.165, 1.54) is 0 Å². The number of nitrogens with one attached hydrogen (secondary N) is 1. The second-order valence-corrected chi connectivity index (χ2v) is 5.37. The predicted octanol–water partition coefficient (Wildman–Crippen LogP) is 0.382. The molecule has 0 aromatic heterocycles. The molecule has 0 spiro atoms. The zero-order valence-electron chi connectivity index (χ0n) is 10.4. The van der Waals surface area contributed by atoms with Crippen LogP contribution < -0.4 is 5.32 Å². The van der Waals surface area contributed by atoms with E-state index in [0.29, 0.717) is 25.7 Å². The quantitative estimate of drug-likeness (QED) is 0.537. The normalized spacial score (nSPS) is 20.1. The minimum atomic E-state index is -0.451. The third kappa shape index (κ3) is 5.25. The standard InChI is InChI=1S/C12H25NO3/c1-10(2)6-16-7-11(15)5-13-8-12(9-14)3-4-12/h10-11,13-15H,3-9H2,1-2H3. The van der Waals surface area contributed by atoms with Crippen LogP contribution in [0.2, 0.25) is 0 Å². The minimum absolute atomic E-state index is 0.110. The van der Waals surface area contributed by atoms with Gasteiger partial charge < -0.3 is 20.3 Å². The summed E-state index contributed by atoms with van der Waals surface area (Å²) in [5, 5.41) is 21.9. The van der Waals surface area contributed by atoms with Crippen LogP contribution >= 0.6 is 0 Å². The zero-order chi connectivity index (χ0) is 12.0. The van der Waals surface area contributed by atoms with Crippen molar-refractivity contribution >= 4 is 0 Å². The monoisotopic (exact) mass is 231 g/mol. The number of hydrogen-bond donors (Lipinski definition) is 3. The van der Waals surface area contributed by atoms with Crippen molar-refractivity contribution < 1.29 is 14.9 Å². The Morgan fingerprint density at radius 2 is 2.00 bits per heavy atom. The van der Waals surface area contributed by atoms with Crippen molar-refractivity contribution in [2.24, 2.45) is 11.3 Å². The van der Waals surface area contributed by atoms with Crippen LogP contribution in [0, 0.1) is 11.3 Å². The van der Waals surface area contributed by atoms with E-state index in [1.807, 2.05) is 0 Å². The van der Waals surface area contributed by atoms with Crippen molar-refractivity contribution in [2.75, 3.05) is 32.9 Å². The summed E-state index contributed by atoms with van der Waals surface area (Å²) in [4.78, 5) is 0. The molecule has 0 saturated heterocycles. The van der Waals surface area contributed by atoms with Crippen LogP contribution in [0.5, 0.6) is 0 Å². The SMILES string of the molecule is CC(C)COCC(O)CNCC1(CO)CC1. The van der Waals surface area contributed by atoms with Gasteiger partial charge in [-0.15, -0.1) is 0 Å². The van der Waals surface area contributed by atoms with Crippen molar-refractivity contribution in [3.05, 3.63) is 0 Å². The van der Waals surface area contributed by atoms with E-state index in [1.54, 1.807) is 0 Å². The van der Waals surface area contributed by atoms with Crippen LogP contribution in [0.4, 0.5) is 0 Å². The van der Waals surface area contributed by atoms with E-state index in [-0.39, 0.29) is 12.0 Å². The Bertz CT molecular complexity index is 193. The lowest BCUT2D eigenvalue weighted by atomic mass is 10.1. The average Bonchev–Trinajstić information content (AvgIpc) is 2.98. The number of rotatable bonds is 9. The van der Waals surface area contributed by atoms with Crippen LogP contribution in [0.15, 0.2) is 0 Å². The van der Waals surface area contributed by atoms with Gasteiger partial charge in [0.15, 0.2) is 0 Å². The lowest BCUT2D eigenvalue weighted by Gasteiger charge is -2.16. The highest BCUT2D eigenvalue weighted by Gasteiger charge is 2.41. The minimum Gasteiger partial charge on any atom is -0.396 e. The van der Waals surface area contributed by atoms with Crippen LogP contribution in [0.3, 0.4) is 0 Å². The van der Waals surface area contributed by atoms with E-state index in [9.17, 15) is 5.11 Å². The fraction of sp³-hybridized carbons (Fsp3) is 1.00. The van der Waals surface area contributed by atoms with Crippen molar-refractivity contribution in [3.63, 3.8) is 0 Å². The van der Waals surface area contributed by atoms with Crippen molar-refractivity contribution in [3.8, 4) is 0 Å². The first kappa shape index (κ1) is 13.9. The summed E-state index contributed by atoms with van der Waals surface area (Å²) in [7, 11) is 0. The summed E-state index contributed by atoms with van der Waals surface area (Å²) in [5.74, 6) is 0.504. The smallest absolute Gasteiger partial charge is 0.0897 e. The molecule has 1 aliphatic rings. The Morgan fingerprint density at radius 1 is 1.31 bits per heavy atom. The molecule has 96 valence electrons. The van der Waals surface area contributed by atoms with Gasteiger partial charge in [0.05, 0.1) is 12.7 Å². The van der Waals surface area contributed by atoms with Gasteiger partial charge in [0.25, 0.3) is 0 Å². The van der Waals surface area contributed by atoms with E-state index in [0.717, 1.165) is 19.4 Å². The molecule has 4 heteroatoms. The molecule has 0 amide bonds. The first-order chi connectivity index (χ1) is 7.58. The molecule has 4 nitrogen and oxygen atoms in total. The maximum absolute atomic E-state index is 9.60. The number of ether oxygens (including phenoxy) is 1. The second kappa shape index (κ2) is 6.55. The molecule has 1 rings (SSSR count). The molecular weight excluding hydrogens is 206 g/mol. The van der Waals surface area contributed by atoms with E-state index in [4.69, 9.17) is 9.84 Å². The molecule has 0 radical (unpaired) electrons. The highest BCUT2D eigenvalue weighted by Crippen LogP contribution is 2.44. The van der Waals surface area contributed by atoms with Gasteiger partial charge in [-0.2, -0.15) is 0 Å². The van der Waals surface area contributed by atoms with Gasteiger partial charge >= 0.3 is 0 Å². The third-order valence-electron chi connectivity index (χ3n) is 2.93. The zero-order valence-corrected chi connectivity index (χ0v) is 10.4. The maximum atomic E-state index is 9.60. The lowest BCUT2D eigenvalue weighted by molar-refractivity contribution is 0.0253. The molecule has 1 fully saturated rings. The Balaban J connectivity index is 1.96. The Morgan fingerprint density at radius 3 is 2.50 bits per heavy atom.